The molecule has 0 spiro atoms. The molecule has 118 valence electrons. The second-order valence-electron chi connectivity index (χ2n) is 5.83. The van der Waals surface area contributed by atoms with E-state index >= 15 is 0 Å². The number of hydrogen-bond acceptors (Lipinski definition) is 3. The highest BCUT2D eigenvalue weighted by Crippen LogP contribution is 2.35. The molecule has 3 rings (SSSR count). The van der Waals surface area contributed by atoms with Gasteiger partial charge in [0.15, 0.2) is 5.17 Å². The monoisotopic (exact) mass is 342 g/mol. The third-order valence-electron chi connectivity index (χ3n) is 4.04. The van der Waals surface area contributed by atoms with E-state index in [4.69, 9.17) is 17.3 Å². The maximum Gasteiger partial charge on any atom is 0.154 e. The summed E-state index contributed by atoms with van der Waals surface area (Å²) in [6.07, 6.45) is 5.20. The van der Waals surface area contributed by atoms with Crippen LogP contribution in [0.1, 0.15) is 30.0 Å². The van der Waals surface area contributed by atoms with Crippen LogP contribution < -0.4 is 5.73 Å². The Kier molecular flexibility index (Phi) is 4.79. The zero-order valence-corrected chi connectivity index (χ0v) is 14.6. The molecule has 0 amide bonds. The number of rotatable bonds is 3. The van der Waals surface area contributed by atoms with Gasteiger partial charge in [-0.1, -0.05) is 65.8 Å². The van der Waals surface area contributed by atoms with Gasteiger partial charge in [0.05, 0.1) is 5.54 Å². The highest BCUT2D eigenvalue weighted by Gasteiger charge is 2.29. The predicted molar refractivity (Wildman–Crippen MR) is 103 cm³/mol. The van der Waals surface area contributed by atoms with E-state index in [9.17, 15) is 0 Å². The molecule has 1 aliphatic rings. The highest BCUT2D eigenvalue weighted by atomic mass is 35.5. The van der Waals surface area contributed by atoms with Crippen molar-refractivity contribution < 1.29 is 0 Å². The van der Waals surface area contributed by atoms with Gasteiger partial charge in [-0.3, -0.25) is 4.99 Å². The van der Waals surface area contributed by atoms with Crippen LogP contribution in [0.25, 0.3) is 12.2 Å². The summed E-state index contributed by atoms with van der Waals surface area (Å²) >= 11 is 7.55. The molecular formula is C19H19ClN2S. The fourth-order valence-electron chi connectivity index (χ4n) is 2.64. The third-order valence-corrected chi connectivity index (χ3v) is 5.09. The van der Waals surface area contributed by atoms with Gasteiger partial charge in [-0.05, 0) is 48.2 Å². The van der Waals surface area contributed by atoms with Crippen molar-refractivity contribution in [1.82, 2.24) is 0 Å². The Labute approximate surface area is 146 Å². The molecule has 23 heavy (non-hydrogen) atoms. The summed E-state index contributed by atoms with van der Waals surface area (Å²) in [4.78, 5) is 4.67. The fourth-order valence-corrected chi connectivity index (χ4v) is 3.74. The number of amidine groups is 1. The van der Waals surface area contributed by atoms with Crippen LogP contribution in [-0.4, -0.2) is 10.9 Å². The summed E-state index contributed by atoms with van der Waals surface area (Å²) in [5, 5.41) is 1.43. The lowest BCUT2D eigenvalue weighted by molar-refractivity contribution is 0.482. The first-order valence-corrected chi connectivity index (χ1v) is 8.94. The van der Waals surface area contributed by atoms with Crippen LogP contribution in [0.3, 0.4) is 0 Å². The molecule has 0 aromatic heterocycles. The predicted octanol–water partition coefficient (Wildman–Crippen LogP) is 5.18. The van der Waals surface area contributed by atoms with Gasteiger partial charge in [0.2, 0.25) is 0 Å². The summed E-state index contributed by atoms with van der Waals surface area (Å²) in [5.41, 5.74) is 9.19. The highest BCUT2D eigenvalue weighted by molar-refractivity contribution is 8.13. The molecule has 0 radical (unpaired) electrons. The summed E-state index contributed by atoms with van der Waals surface area (Å²) in [7, 11) is 0. The van der Waals surface area contributed by atoms with Gasteiger partial charge in [-0.15, -0.1) is 0 Å². The van der Waals surface area contributed by atoms with Crippen molar-refractivity contribution in [3.63, 3.8) is 0 Å². The van der Waals surface area contributed by atoms with Gasteiger partial charge in [0, 0.05) is 10.8 Å². The van der Waals surface area contributed by atoms with Crippen LogP contribution in [0, 0.1) is 0 Å². The van der Waals surface area contributed by atoms with Crippen molar-refractivity contribution >= 4 is 40.7 Å². The van der Waals surface area contributed by atoms with E-state index in [1.54, 1.807) is 11.8 Å². The zero-order valence-electron chi connectivity index (χ0n) is 13.0. The molecule has 0 aliphatic carbocycles. The molecule has 0 fully saturated rings. The van der Waals surface area contributed by atoms with Crippen LogP contribution in [0.4, 0.5) is 0 Å². The molecule has 1 unspecified atom stereocenters. The minimum absolute atomic E-state index is 0.223. The standard InChI is InChI=1S/C19H19ClN2S/c1-19(11-12-23-18(21)22-19)16-4-2-3-15(13-16)6-5-14-7-9-17(20)10-8-14/h2-10,13H,11-12H2,1H3,(H2,21,22). The Balaban J connectivity index is 1.85. The number of nitrogens with zero attached hydrogens (tertiary/aromatic N) is 1. The van der Waals surface area contributed by atoms with Crippen molar-refractivity contribution in [3.8, 4) is 0 Å². The maximum atomic E-state index is 5.92. The van der Waals surface area contributed by atoms with Gasteiger partial charge < -0.3 is 5.73 Å². The number of nitrogens with two attached hydrogens (primary N) is 1. The first-order chi connectivity index (χ1) is 11.0. The molecular weight excluding hydrogens is 324 g/mol. The van der Waals surface area contributed by atoms with Crippen molar-refractivity contribution in [2.75, 3.05) is 5.75 Å². The molecule has 2 aromatic rings. The normalized spacial score (nSPS) is 21.4. The summed E-state index contributed by atoms with van der Waals surface area (Å²) in [5.74, 6) is 1.01. The number of benzene rings is 2. The lowest BCUT2D eigenvalue weighted by atomic mass is 9.89. The van der Waals surface area contributed by atoms with Gasteiger partial charge in [0.1, 0.15) is 0 Å². The van der Waals surface area contributed by atoms with E-state index in [0.717, 1.165) is 28.3 Å². The fraction of sp³-hybridized carbons (Fsp3) is 0.211. The van der Waals surface area contributed by atoms with E-state index in [1.807, 2.05) is 24.3 Å². The molecule has 1 aliphatic heterocycles. The van der Waals surface area contributed by atoms with Crippen LogP contribution in [-0.2, 0) is 5.54 Å². The minimum Gasteiger partial charge on any atom is -0.379 e. The molecule has 0 saturated carbocycles. The minimum atomic E-state index is -0.223. The number of halogens is 1. The Morgan fingerprint density at radius 1 is 1.13 bits per heavy atom. The van der Waals surface area contributed by atoms with E-state index in [2.05, 4.69) is 48.3 Å². The maximum absolute atomic E-state index is 5.92. The van der Waals surface area contributed by atoms with Gasteiger partial charge in [-0.25, -0.2) is 0 Å². The average molecular weight is 343 g/mol. The molecule has 2 aromatic carbocycles. The lowest BCUT2D eigenvalue weighted by Gasteiger charge is -2.29. The first kappa shape index (κ1) is 16.2. The Morgan fingerprint density at radius 2 is 1.87 bits per heavy atom. The third kappa shape index (κ3) is 3.98. The summed E-state index contributed by atoms with van der Waals surface area (Å²) in [6.45, 7) is 2.15. The second kappa shape index (κ2) is 6.81. The van der Waals surface area contributed by atoms with Crippen LogP contribution >= 0.6 is 23.4 Å². The van der Waals surface area contributed by atoms with Crippen molar-refractivity contribution in [2.45, 2.75) is 18.9 Å². The Morgan fingerprint density at radius 3 is 2.61 bits per heavy atom. The SMILES string of the molecule is CC1(c2cccc(C=Cc3ccc(Cl)cc3)c2)CCSC(N)=N1. The Hall–Kier alpha value is -1.71. The topological polar surface area (TPSA) is 38.4 Å². The van der Waals surface area contributed by atoms with Crippen LogP contribution in [0.15, 0.2) is 53.5 Å². The second-order valence-corrected chi connectivity index (χ2v) is 7.38. The number of thioether (sulfide) groups is 1. The Bertz CT molecular complexity index is 752. The molecule has 0 bridgehead atoms. The average Bonchev–Trinajstić information content (AvgIpc) is 2.54. The van der Waals surface area contributed by atoms with Crippen LogP contribution in [0.5, 0.6) is 0 Å². The van der Waals surface area contributed by atoms with Crippen LogP contribution in [0.2, 0.25) is 5.02 Å². The van der Waals surface area contributed by atoms with Gasteiger partial charge in [0.25, 0.3) is 0 Å². The smallest absolute Gasteiger partial charge is 0.154 e. The molecule has 4 heteroatoms. The van der Waals surface area contributed by atoms with Crippen molar-refractivity contribution in [2.24, 2.45) is 10.7 Å². The van der Waals surface area contributed by atoms with Gasteiger partial charge in [-0.2, -0.15) is 0 Å². The lowest BCUT2D eigenvalue weighted by Crippen LogP contribution is -2.28. The largest absolute Gasteiger partial charge is 0.379 e. The molecule has 1 heterocycles. The summed E-state index contributed by atoms with van der Waals surface area (Å²) in [6, 6.07) is 16.3. The zero-order chi connectivity index (χ0) is 16.3. The molecule has 2 N–H and O–H groups in total. The van der Waals surface area contributed by atoms with Crippen molar-refractivity contribution in [1.29, 1.82) is 0 Å². The summed E-state index contributed by atoms with van der Waals surface area (Å²) < 4.78 is 0. The molecule has 2 nitrogen and oxygen atoms in total. The first-order valence-electron chi connectivity index (χ1n) is 7.57. The van der Waals surface area contributed by atoms with E-state index in [-0.39, 0.29) is 5.54 Å². The molecule has 0 saturated heterocycles. The van der Waals surface area contributed by atoms with E-state index < -0.39 is 0 Å². The van der Waals surface area contributed by atoms with Crippen molar-refractivity contribution in [3.05, 3.63) is 70.2 Å². The van der Waals surface area contributed by atoms with Gasteiger partial charge >= 0.3 is 0 Å². The van der Waals surface area contributed by atoms with E-state index in [0.29, 0.717) is 5.17 Å². The molecule has 1 atom stereocenters. The van der Waals surface area contributed by atoms with E-state index in [1.165, 1.54) is 5.56 Å². The number of hydrogen-bond donors (Lipinski definition) is 1. The number of aliphatic imine (C=N–C) groups is 1. The quantitative estimate of drug-likeness (QED) is 0.781.